The van der Waals surface area contributed by atoms with Gasteiger partial charge >= 0.3 is 0 Å². The van der Waals surface area contributed by atoms with E-state index in [1.165, 1.54) is 10.6 Å². The van der Waals surface area contributed by atoms with E-state index >= 15 is 0 Å². The minimum Gasteiger partial charge on any atom is -0.384 e. The second kappa shape index (κ2) is 9.90. The van der Waals surface area contributed by atoms with Gasteiger partial charge < -0.3 is 10.1 Å². The molecule has 9 nitrogen and oxygen atoms in total. The van der Waals surface area contributed by atoms with Crippen molar-refractivity contribution in [2.24, 2.45) is 5.92 Å². The lowest BCUT2D eigenvalue weighted by Gasteiger charge is -2.36. The molecule has 1 N–H and O–H groups in total. The van der Waals surface area contributed by atoms with Crippen LogP contribution >= 0.6 is 0 Å². The van der Waals surface area contributed by atoms with Crippen molar-refractivity contribution in [3.8, 4) is 0 Å². The Labute approximate surface area is 194 Å². The van der Waals surface area contributed by atoms with Crippen molar-refractivity contribution in [3.05, 3.63) is 40.8 Å². The van der Waals surface area contributed by atoms with Crippen molar-refractivity contribution in [1.29, 1.82) is 0 Å². The molecule has 2 aromatic heterocycles. The van der Waals surface area contributed by atoms with Gasteiger partial charge in [0.15, 0.2) is 0 Å². The maximum absolute atomic E-state index is 13.4. The first-order valence-electron chi connectivity index (χ1n) is 11.6. The van der Waals surface area contributed by atoms with Gasteiger partial charge in [0.2, 0.25) is 16.0 Å². The van der Waals surface area contributed by atoms with Crippen molar-refractivity contribution >= 4 is 27.0 Å². The first-order chi connectivity index (χ1) is 15.8. The van der Waals surface area contributed by atoms with E-state index in [0.717, 1.165) is 36.6 Å². The quantitative estimate of drug-likeness (QED) is 0.584. The molecule has 33 heavy (non-hydrogen) atoms. The summed E-state index contributed by atoms with van der Waals surface area (Å²) in [5.41, 5.74) is 1.37. The Balaban J connectivity index is 1.66. The third-order valence-electron chi connectivity index (χ3n) is 6.82. The molecule has 0 spiro atoms. The highest BCUT2D eigenvalue weighted by molar-refractivity contribution is 7.88. The second-order valence-electron chi connectivity index (χ2n) is 9.06. The largest absolute Gasteiger partial charge is 0.384 e. The molecule has 1 aliphatic carbocycles. The Hall–Kier alpha value is -2.30. The monoisotopic (exact) mass is 475 g/mol. The molecule has 180 valence electrons. The standard InChI is InChI=1S/C23H33N5O4S/c1-4-16-15-27(33(3,30)31)11-9-20(16)25-23-24-14-18-13-17(10-12-32-2)22(29)28(21(18)26-23)19-7-5-6-8-19/h4,13-14,16,19-20H,1,5-12,15H2,2-3H3,(H,24,25,26)/t16-,20-/m0/s1. The Morgan fingerprint density at radius 1 is 1.30 bits per heavy atom. The lowest BCUT2D eigenvalue weighted by Crippen LogP contribution is -2.47. The van der Waals surface area contributed by atoms with E-state index in [1.807, 2.05) is 10.6 Å². The number of pyridine rings is 1. The number of fused-ring (bicyclic) bond motifs is 1. The molecule has 0 amide bonds. The van der Waals surface area contributed by atoms with E-state index in [2.05, 4.69) is 16.9 Å². The zero-order valence-electron chi connectivity index (χ0n) is 19.4. The van der Waals surface area contributed by atoms with Crippen LogP contribution in [-0.4, -0.2) is 66.4 Å². The zero-order valence-corrected chi connectivity index (χ0v) is 20.2. The van der Waals surface area contributed by atoms with Gasteiger partial charge in [-0.3, -0.25) is 9.36 Å². The highest BCUT2D eigenvalue weighted by Crippen LogP contribution is 2.31. The van der Waals surface area contributed by atoms with E-state index in [1.54, 1.807) is 19.4 Å². The first-order valence-corrected chi connectivity index (χ1v) is 13.4. The fourth-order valence-corrected chi connectivity index (χ4v) is 5.85. The lowest BCUT2D eigenvalue weighted by atomic mass is 9.93. The van der Waals surface area contributed by atoms with Crippen LogP contribution in [0, 0.1) is 5.92 Å². The highest BCUT2D eigenvalue weighted by atomic mass is 32.2. The molecular formula is C23H33N5O4S. The third kappa shape index (κ3) is 5.12. The number of anilines is 1. The molecule has 0 bridgehead atoms. The van der Waals surface area contributed by atoms with Gasteiger partial charge in [-0.15, -0.1) is 6.58 Å². The average Bonchev–Trinajstić information content (AvgIpc) is 3.31. The summed E-state index contributed by atoms with van der Waals surface area (Å²) in [6.45, 7) is 5.20. The van der Waals surface area contributed by atoms with Crippen LogP contribution in [0.4, 0.5) is 5.95 Å². The van der Waals surface area contributed by atoms with Crippen LogP contribution in [0.15, 0.2) is 29.7 Å². The Morgan fingerprint density at radius 2 is 2.06 bits per heavy atom. The smallest absolute Gasteiger partial charge is 0.255 e. The van der Waals surface area contributed by atoms with Crippen LogP contribution in [0.5, 0.6) is 0 Å². The molecule has 1 saturated heterocycles. The summed E-state index contributed by atoms with van der Waals surface area (Å²) >= 11 is 0. The van der Waals surface area contributed by atoms with E-state index in [-0.39, 0.29) is 23.6 Å². The number of methoxy groups -OCH3 is 1. The number of sulfonamides is 1. The van der Waals surface area contributed by atoms with Gasteiger partial charge in [-0.2, -0.15) is 4.98 Å². The van der Waals surface area contributed by atoms with E-state index < -0.39 is 10.0 Å². The fourth-order valence-electron chi connectivity index (χ4n) is 4.98. The van der Waals surface area contributed by atoms with Crippen LogP contribution in [0.1, 0.15) is 43.7 Å². The molecule has 4 rings (SSSR count). The minimum absolute atomic E-state index is 0.00142. The molecule has 1 aliphatic heterocycles. The van der Waals surface area contributed by atoms with Crippen molar-refractivity contribution in [2.75, 3.05) is 38.4 Å². The Kier molecular flexibility index (Phi) is 7.16. The molecule has 0 radical (unpaired) electrons. The van der Waals surface area contributed by atoms with E-state index in [9.17, 15) is 13.2 Å². The maximum Gasteiger partial charge on any atom is 0.255 e. The highest BCUT2D eigenvalue weighted by Gasteiger charge is 2.32. The molecule has 2 atom stereocenters. The predicted molar refractivity (Wildman–Crippen MR) is 129 cm³/mol. The topological polar surface area (TPSA) is 106 Å². The van der Waals surface area contributed by atoms with Gasteiger partial charge in [0.25, 0.3) is 5.56 Å². The number of nitrogens with zero attached hydrogens (tertiary/aromatic N) is 4. The molecule has 3 heterocycles. The second-order valence-corrected chi connectivity index (χ2v) is 11.0. The lowest BCUT2D eigenvalue weighted by molar-refractivity contribution is 0.202. The summed E-state index contributed by atoms with van der Waals surface area (Å²) in [6, 6.07) is 1.98. The molecule has 10 heteroatoms. The van der Waals surface area contributed by atoms with Gasteiger partial charge in [-0.05, 0) is 25.3 Å². The summed E-state index contributed by atoms with van der Waals surface area (Å²) in [4.78, 5) is 22.7. The predicted octanol–water partition coefficient (Wildman–Crippen LogP) is 2.34. The normalized spacial score (nSPS) is 22.6. The fraction of sp³-hybridized carbons (Fsp3) is 0.609. The van der Waals surface area contributed by atoms with E-state index in [4.69, 9.17) is 9.72 Å². The van der Waals surface area contributed by atoms with Crippen LogP contribution in [0.3, 0.4) is 0 Å². The zero-order chi connectivity index (χ0) is 23.6. The number of aromatic nitrogens is 3. The SMILES string of the molecule is C=C[C@H]1CN(S(C)(=O)=O)CC[C@@H]1Nc1ncc2cc(CCOC)c(=O)n(C3CCCC3)c2n1. The van der Waals surface area contributed by atoms with Crippen LogP contribution in [-0.2, 0) is 21.2 Å². The first kappa shape index (κ1) is 23.8. The number of rotatable bonds is 8. The van der Waals surface area contributed by atoms with Gasteiger partial charge in [0.05, 0.1) is 12.9 Å². The number of hydrogen-bond donors (Lipinski definition) is 1. The van der Waals surface area contributed by atoms with E-state index in [0.29, 0.717) is 44.1 Å². The minimum atomic E-state index is -3.25. The molecule has 0 aromatic carbocycles. The number of nitrogens with one attached hydrogen (secondary N) is 1. The Bertz CT molecular complexity index is 1170. The van der Waals surface area contributed by atoms with Crippen molar-refractivity contribution in [3.63, 3.8) is 0 Å². The van der Waals surface area contributed by atoms with Gasteiger partial charge in [0, 0.05) is 61.8 Å². The van der Waals surface area contributed by atoms with Gasteiger partial charge in [-0.1, -0.05) is 18.9 Å². The average molecular weight is 476 g/mol. The third-order valence-corrected chi connectivity index (χ3v) is 8.09. The van der Waals surface area contributed by atoms with Gasteiger partial charge in [-0.25, -0.2) is 17.7 Å². The number of ether oxygens (including phenoxy) is 1. The number of hydrogen-bond acceptors (Lipinski definition) is 7. The maximum atomic E-state index is 13.4. The van der Waals surface area contributed by atoms with Crippen LogP contribution in [0.2, 0.25) is 0 Å². The Morgan fingerprint density at radius 3 is 2.73 bits per heavy atom. The summed E-state index contributed by atoms with van der Waals surface area (Å²) in [7, 11) is -1.61. The molecule has 1 saturated carbocycles. The summed E-state index contributed by atoms with van der Waals surface area (Å²) in [5.74, 6) is 0.379. The summed E-state index contributed by atoms with van der Waals surface area (Å²) < 4.78 is 32.4. The molecular weight excluding hydrogens is 442 g/mol. The molecule has 0 unspecified atom stereocenters. The summed E-state index contributed by atoms with van der Waals surface area (Å²) in [5, 5.41) is 4.22. The number of piperidine rings is 1. The van der Waals surface area contributed by atoms with Crippen molar-refractivity contribution in [2.45, 2.75) is 50.6 Å². The summed E-state index contributed by atoms with van der Waals surface area (Å²) in [6.07, 6.45) is 10.1. The molecule has 2 fully saturated rings. The van der Waals surface area contributed by atoms with Crippen molar-refractivity contribution < 1.29 is 13.2 Å². The molecule has 2 aromatic rings. The molecule has 2 aliphatic rings. The van der Waals surface area contributed by atoms with Crippen molar-refractivity contribution in [1.82, 2.24) is 18.8 Å². The van der Waals surface area contributed by atoms with Crippen LogP contribution in [0.25, 0.3) is 11.0 Å². The van der Waals surface area contributed by atoms with Crippen LogP contribution < -0.4 is 10.9 Å². The van der Waals surface area contributed by atoms with Gasteiger partial charge in [0.1, 0.15) is 5.65 Å².